The molecule has 0 unspecified atom stereocenters. The molecule has 0 N–H and O–H groups in total. The molecule has 31 heavy (non-hydrogen) atoms. The quantitative estimate of drug-likeness (QED) is 0.386. The van der Waals surface area contributed by atoms with Crippen LogP contribution in [0.15, 0.2) is 95.9 Å². The monoisotopic (exact) mass is 431 g/mol. The SMILES string of the molecule is COc1ccc(CN(Cc2cccc3ccccc23)S(=O)(=O)c2ccc(C)cc2)cc1. The van der Waals surface area contributed by atoms with E-state index in [4.69, 9.17) is 4.74 Å². The zero-order chi connectivity index (χ0) is 21.8. The summed E-state index contributed by atoms with van der Waals surface area (Å²) in [7, 11) is -2.08. The van der Waals surface area contributed by atoms with E-state index < -0.39 is 10.0 Å². The minimum atomic E-state index is -3.70. The van der Waals surface area contributed by atoms with Gasteiger partial charge in [-0.3, -0.25) is 0 Å². The Morgan fingerprint density at radius 2 is 1.45 bits per heavy atom. The molecule has 0 saturated carbocycles. The number of sulfonamides is 1. The maximum atomic E-state index is 13.6. The molecular formula is C26H25NO3S. The second-order valence-corrected chi connectivity index (χ2v) is 9.51. The fourth-order valence-corrected chi connectivity index (χ4v) is 5.05. The van der Waals surface area contributed by atoms with Crippen molar-refractivity contribution in [3.8, 4) is 5.75 Å². The molecule has 4 nitrogen and oxygen atoms in total. The van der Waals surface area contributed by atoms with E-state index in [1.54, 1.807) is 23.5 Å². The second-order valence-electron chi connectivity index (χ2n) is 7.57. The molecule has 4 aromatic carbocycles. The summed E-state index contributed by atoms with van der Waals surface area (Å²) in [5.74, 6) is 0.741. The predicted molar refractivity (Wildman–Crippen MR) is 125 cm³/mol. The van der Waals surface area contributed by atoms with Gasteiger partial charge in [0.1, 0.15) is 5.75 Å². The third-order valence-electron chi connectivity index (χ3n) is 5.40. The molecule has 5 heteroatoms. The third-order valence-corrected chi connectivity index (χ3v) is 7.21. The van der Waals surface area contributed by atoms with Crippen LogP contribution < -0.4 is 4.74 Å². The van der Waals surface area contributed by atoms with Gasteiger partial charge in [-0.15, -0.1) is 0 Å². The van der Waals surface area contributed by atoms with E-state index in [9.17, 15) is 8.42 Å². The van der Waals surface area contributed by atoms with Crippen LogP contribution in [-0.2, 0) is 23.1 Å². The zero-order valence-electron chi connectivity index (χ0n) is 17.7. The largest absolute Gasteiger partial charge is 0.497 e. The lowest BCUT2D eigenvalue weighted by molar-refractivity contribution is 0.400. The first-order valence-corrected chi connectivity index (χ1v) is 11.6. The van der Waals surface area contributed by atoms with E-state index in [1.807, 2.05) is 85.8 Å². The summed E-state index contributed by atoms with van der Waals surface area (Å²) in [6, 6.07) is 28.6. The smallest absolute Gasteiger partial charge is 0.243 e. The molecule has 0 radical (unpaired) electrons. The van der Waals surface area contributed by atoms with Crippen LogP contribution in [0.3, 0.4) is 0 Å². The van der Waals surface area contributed by atoms with Crippen molar-refractivity contribution in [1.29, 1.82) is 0 Å². The first kappa shape index (κ1) is 21.1. The number of nitrogens with zero attached hydrogens (tertiary/aromatic N) is 1. The minimum absolute atomic E-state index is 0.267. The van der Waals surface area contributed by atoms with E-state index in [2.05, 4.69) is 0 Å². The molecule has 0 saturated heterocycles. The van der Waals surface area contributed by atoms with Gasteiger partial charge < -0.3 is 4.74 Å². The molecule has 0 aliphatic carbocycles. The molecule has 0 heterocycles. The van der Waals surface area contributed by atoms with Crippen LogP contribution in [0.25, 0.3) is 10.8 Å². The van der Waals surface area contributed by atoms with Crippen molar-refractivity contribution in [1.82, 2.24) is 4.31 Å². The highest BCUT2D eigenvalue weighted by Gasteiger charge is 2.25. The average Bonchev–Trinajstić information content (AvgIpc) is 2.79. The highest BCUT2D eigenvalue weighted by Crippen LogP contribution is 2.26. The molecule has 0 fully saturated rings. The molecule has 0 amide bonds. The summed E-state index contributed by atoms with van der Waals surface area (Å²) in [6.45, 7) is 2.49. The molecule has 0 bridgehead atoms. The van der Waals surface area contributed by atoms with Gasteiger partial charge in [-0.05, 0) is 53.1 Å². The number of fused-ring (bicyclic) bond motifs is 1. The maximum Gasteiger partial charge on any atom is 0.243 e. The highest BCUT2D eigenvalue weighted by atomic mass is 32.2. The van der Waals surface area contributed by atoms with Gasteiger partial charge in [-0.1, -0.05) is 72.3 Å². The average molecular weight is 432 g/mol. The molecular weight excluding hydrogens is 406 g/mol. The van der Waals surface area contributed by atoms with E-state index in [0.29, 0.717) is 4.90 Å². The van der Waals surface area contributed by atoms with Crippen LogP contribution in [0.5, 0.6) is 5.75 Å². The molecule has 0 spiro atoms. The van der Waals surface area contributed by atoms with Crippen molar-refractivity contribution < 1.29 is 13.2 Å². The molecule has 0 aliphatic rings. The Kier molecular flexibility index (Phi) is 6.07. The van der Waals surface area contributed by atoms with Gasteiger partial charge in [0.15, 0.2) is 0 Å². The van der Waals surface area contributed by atoms with E-state index in [-0.39, 0.29) is 13.1 Å². The lowest BCUT2D eigenvalue weighted by Gasteiger charge is -2.23. The van der Waals surface area contributed by atoms with Gasteiger partial charge in [0.05, 0.1) is 12.0 Å². The Labute approximate surface area is 183 Å². The summed E-state index contributed by atoms with van der Waals surface area (Å²) >= 11 is 0. The number of benzene rings is 4. The molecule has 0 aromatic heterocycles. The first-order chi connectivity index (χ1) is 15.0. The van der Waals surface area contributed by atoms with Crippen LogP contribution in [0.4, 0.5) is 0 Å². The topological polar surface area (TPSA) is 46.6 Å². The van der Waals surface area contributed by atoms with Crippen molar-refractivity contribution >= 4 is 20.8 Å². The van der Waals surface area contributed by atoms with Crippen LogP contribution >= 0.6 is 0 Å². The molecule has 158 valence electrons. The summed E-state index contributed by atoms with van der Waals surface area (Å²) in [5, 5.41) is 2.15. The van der Waals surface area contributed by atoms with Crippen molar-refractivity contribution in [2.45, 2.75) is 24.9 Å². The third kappa shape index (κ3) is 4.63. The number of aryl methyl sites for hydroxylation is 1. The van der Waals surface area contributed by atoms with Crippen LogP contribution in [0, 0.1) is 6.92 Å². The summed E-state index contributed by atoms with van der Waals surface area (Å²) in [5.41, 5.74) is 2.90. The van der Waals surface area contributed by atoms with E-state index in [0.717, 1.165) is 33.2 Å². The van der Waals surface area contributed by atoms with E-state index in [1.165, 1.54) is 0 Å². The van der Waals surface area contributed by atoms with Gasteiger partial charge in [0, 0.05) is 13.1 Å². The number of ether oxygens (including phenoxy) is 1. The van der Waals surface area contributed by atoms with Gasteiger partial charge in [-0.2, -0.15) is 4.31 Å². The summed E-state index contributed by atoms with van der Waals surface area (Å²) < 4.78 is 34.0. The normalized spacial score (nSPS) is 11.7. The highest BCUT2D eigenvalue weighted by molar-refractivity contribution is 7.89. The molecule has 0 aliphatic heterocycles. The van der Waals surface area contributed by atoms with Crippen molar-refractivity contribution in [3.63, 3.8) is 0 Å². The lowest BCUT2D eigenvalue weighted by atomic mass is 10.0. The zero-order valence-corrected chi connectivity index (χ0v) is 18.5. The predicted octanol–water partition coefficient (Wildman–Crippen LogP) is 5.55. The van der Waals surface area contributed by atoms with Crippen molar-refractivity contribution in [2.75, 3.05) is 7.11 Å². The first-order valence-electron chi connectivity index (χ1n) is 10.1. The number of methoxy groups -OCH3 is 1. The Balaban J connectivity index is 1.75. The Morgan fingerprint density at radius 3 is 2.16 bits per heavy atom. The molecule has 4 rings (SSSR count). The van der Waals surface area contributed by atoms with Gasteiger partial charge in [0.2, 0.25) is 10.0 Å². The van der Waals surface area contributed by atoms with Gasteiger partial charge in [-0.25, -0.2) is 8.42 Å². The Hall–Kier alpha value is -3.15. The second kappa shape index (κ2) is 8.92. The minimum Gasteiger partial charge on any atom is -0.497 e. The van der Waals surface area contributed by atoms with Crippen molar-refractivity contribution in [2.24, 2.45) is 0 Å². The Bertz CT molecular complexity index is 1280. The fraction of sp³-hybridized carbons (Fsp3) is 0.154. The summed E-state index contributed by atoms with van der Waals surface area (Å²) in [6.07, 6.45) is 0. The molecule has 4 aromatic rings. The molecule has 0 atom stereocenters. The van der Waals surface area contributed by atoms with Crippen LogP contribution in [0.1, 0.15) is 16.7 Å². The number of rotatable bonds is 7. The van der Waals surface area contributed by atoms with E-state index >= 15 is 0 Å². The number of hydrogen-bond acceptors (Lipinski definition) is 3. The van der Waals surface area contributed by atoms with Crippen molar-refractivity contribution in [3.05, 3.63) is 108 Å². The van der Waals surface area contributed by atoms with Crippen LogP contribution in [0.2, 0.25) is 0 Å². The standard InChI is InChI=1S/C26H25NO3S/c1-20-10-16-25(17-11-20)31(28,29)27(18-21-12-14-24(30-2)15-13-21)19-23-8-5-7-22-6-3-4-9-26(22)23/h3-17H,18-19H2,1-2H3. The van der Waals surface area contributed by atoms with Gasteiger partial charge in [0.25, 0.3) is 0 Å². The number of hydrogen-bond donors (Lipinski definition) is 0. The Morgan fingerprint density at radius 1 is 0.774 bits per heavy atom. The summed E-state index contributed by atoms with van der Waals surface area (Å²) in [4.78, 5) is 0.298. The fourth-order valence-electron chi connectivity index (χ4n) is 3.64. The maximum absolute atomic E-state index is 13.6. The van der Waals surface area contributed by atoms with Gasteiger partial charge >= 0.3 is 0 Å². The van der Waals surface area contributed by atoms with Crippen LogP contribution in [-0.4, -0.2) is 19.8 Å². The lowest BCUT2D eigenvalue weighted by Crippen LogP contribution is -2.30.